The number of rotatable bonds is 9. The van der Waals surface area contributed by atoms with Crippen LogP contribution in [0.1, 0.15) is 32.0 Å². The summed E-state index contributed by atoms with van der Waals surface area (Å²) in [5.74, 6) is 1.51. The van der Waals surface area contributed by atoms with Crippen LogP contribution in [0.5, 0.6) is 5.75 Å². The van der Waals surface area contributed by atoms with E-state index in [2.05, 4.69) is 16.5 Å². The Balaban J connectivity index is 1.91. The first-order chi connectivity index (χ1) is 11.7. The maximum atomic E-state index is 9.21. The molecule has 0 saturated heterocycles. The molecule has 0 spiro atoms. The minimum Gasteiger partial charge on any atom is -0.490 e. The molecule has 0 amide bonds. The van der Waals surface area contributed by atoms with Gasteiger partial charge in [-0.15, -0.1) is 0 Å². The Morgan fingerprint density at radius 1 is 1.17 bits per heavy atom. The third-order valence-electron chi connectivity index (χ3n) is 3.49. The van der Waals surface area contributed by atoms with Crippen LogP contribution in [0.25, 0.3) is 17.2 Å². The van der Waals surface area contributed by atoms with Gasteiger partial charge in [0.05, 0.1) is 6.10 Å². The summed E-state index contributed by atoms with van der Waals surface area (Å²) in [5, 5.41) is 9.21. The molecular formula is C20H24N2O2. The van der Waals surface area contributed by atoms with Crippen LogP contribution in [-0.4, -0.2) is 27.8 Å². The zero-order valence-corrected chi connectivity index (χ0v) is 14.1. The molecule has 4 heteroatoms. The molecule has 2 aromatic rings. The highest BCUT2D eigenvalue weighted by Gasteiger charge is 2.00. The number of nitrogens with zero attached hydrogens (tertiary/aromatic N) is 2. The van der Waals surface area contributed by atoms with Crippen LogP contribution < -0.4 is 4.74 Å². The Labute approximate surface area is 143 Å². The third kappa shape index (κ3) is 5.97. The van der Waals surface area contributed by atoms with Gasteiger partial charge in [-0.25, -0.2) is 9.97 Å². The van der Waals surface area contributed by atoms with Crippen molar-refractivity contribution in [2.45, 2.75) is 32.3 Å². The molecule has 1 unspecified atom stereocenters. The molecule has 0 aliphatic carbocycles. The summed E-state index contributed by atoms with van der Waals surface area (Å²) in [6.45, 7) is 5.94. The summed E-state index contributed by atoms with van der Waals surface area (Å²) in [6, 6.07) is 7.83. The zero-order valence-electron chi connectivity index (χ0n) is 14.1. The maximum Gasteiger partial charge on any atom is 0.151 e. The van der Waals surface area contributed by atoms with E-state index in [0.29, 0.717) is 12.4 Å². The van der Waals surface area contributed by atoms with E-state index in [-0.39, 0.29) is 6.10 Å². The van der Waals surface area contributed by atoms with Gasteiger partial charge in [0.2, 0.25) is 0 Å². The van der Waals surface area contributed by atoms with E-state index in [1.807, 2.05) is 55.7 Å². The monoisotopic (exact) mass is 324 g/mol. The minimum absolute atomic E-state index is 0.234. The highest BCUT2D eigenvalue weighted by Crippen LogP contribution is 2.21. The normalized spacial score (nSPS) is 12.2. The van der Waals surface area contributed by atoms with Gasteiger partial charge in [0.25, 0.3) is 0 Å². The Morgan fingerprint density at radius 2 is 1.88 bits per heavy atom. The molecule has 24 heavy (non-hydrogen) atoms. The van der Waals surface area contributed by atoms with Crippen molar-refractivity contribution in [3.63, 3.8) is 0 Å². The smallest absolute Gasteiger partial charge is 0.151 e. The molecule has 1 aromatic heterocycles. The molecule has 126 valence electrons. The fraction of sp³-hybridized carbons (Fsp3) is 0.300. The zero-order chi connectivity index (χ0) is 17.2. The molecular weight excluding hydrogens is 300 g/mol. The van der Waals surface area contributed by atoms with Crippen molar-refractivity contribution in [1.29, 1.82) is 0 Å². The van der Waals surface area contributed by atoms with Crippen molar-refractivity contribution in [3.8, 4) is 16.9 Å². The van der Waals surface area contributed by atoms with Gasteiger partial charge in [0.1, 0.15) is 12.4 Å². The largest absolute Gasteiger partial charge is 0.490 e. The predicted molar refractivity (Wildman–Crippen MR) is 97.7 cm³/mol. The maximum absolute atomic E-state index is 9.21. The lowest BCUT2D eigenvalue weighted by atomic mass is 10.1. The van der Waals surface area contributed by atoms with Gasteiger partial charge in [-0.2, -0.15) is 0 Å². The topological polar surface area (TPSA) is 55.2 Å². The molecule has 4 nitrogen and oxygen atoms in total. The molecule has 0 bridgehead atoms. The van der Waals surface area contributed by atoms with Crippen molar-refractivity contribution < 1.29 is 9.84 Å². The Hall–Kier alpha value is -2.46. The number of aliphatic hydroxyl groups is 1. The standard InChI is InChI=1S/C20H24N2O2/c1-3-13-24-19-11-9-17(10-12-19)18-14-21-20(22-15-18)8-6-4-5-7-16(2)23/h3,6,8-12,14-16,23H,1,4-5,7,13H2,2H3. The van der Waals surface area contributed by atoms with Crippen LogP contribution in [0.15, 0.2) is 55.4 Å². The molecule has 0 radical (unpaired) electrons. The molecule has 0 fully saturated rings. The van der Waals surface area contributed by atoms with Gasteiger partial charge < -0.3 is 9.84 Å². The van der Waals surface area contributed by atoms with Crippen molar-refractivity contribution in [2.24, 2.45) is 0 Å². The first-order valence-electron chi connectivity index (χ1n) is 8.20. The van der Waals surface area contributed by atoms with Crippen LogP contribution in [0.4, 0.5) is 0 Å². The summed E-state index contributed by atoms with van der Waals surface area (Å²) < 4.78 is 5.47. The molecule has 0 aliphatic heterocycles. The Bertz CT molecular complexity index is 646. The van der Waals surface area contributed by atoms with E-state index >= 15 is 0 Å². The van der Waals surface area contributed by atoms with E-state index < -0.39 is 0 Å². The number of hydrogen-bond donors (Lipinski definition) is 1. The molecule has 1 N–H and O–H groups in total. The van der Waals surface area contributed by atoms with E-state index in [4.69, 9.17) is 4.74 Å². The summed E-state index contributed by atoms with van der Waals surface area (Å²) in [5.41, 5.74) is 2.02. The van der Waals surface area contributed by atoms with Crippen molar-refractivity contribution in [2.75, 3.05) is 6.61 Å². The third-order valence-corrected chi connectivity index (χ3v) is 3.49. The number of hydrogen-bond acceptors (Lipinski definition) is 4. The average Bonchev–Trinajstić information content (AvgIpc) is 2.60. The van der Waals surface area contributed by atoms with Gasteiger partial charge >= 0.3 is 0 Å². The van der Waals surface area contributed by atoms with Crippen molar-refractivity contribution in [3.05, 3.63) is 61.2 Å². The van der Waals surface area contributed by atoms with Gasteiger partial charge in [-0.1, -0.05) is 30.9 Å². The lowest BCUT2D eigenvalue weighted by Crippen LogP contribution is -1.97. The van der Waals surface area contributed by atoms with Gasteiger partial charge in [-0.3, -0.25) is 0 Å². The Morgan fingerprint density at radius 3 is 2.50 bits per heavy atom. The first-order valence-corrected chi connectivity index (χ1v) is 8.20. The minimum atomic E-state index is -0.234. The van der Waals surface area contributed by atoms with E-state index in [9.17, 15) is 5.11 Å². The number of aromatic nitrogens is 2. The quantitative estimate of drug-likeness (QED) is 0.553. The van der Waals surface area contributed by atoms with Gasteiger partial charge in [-0.05, 0) is 50.0 Å². The van der Waals surface area contributed by atoms with Crippen molar-refractivity contribution >= 4 is 6.08 Å². The average molecular weight is 324 g/mol. The molecule has 0 aliphatic rings. The van der Waals surface area contributed by atoms with Crippen LogP contribution in [-0.2, 0) is 0 Å². The van der Waals surface area contributed by atoms with Crippen LogP contribution in [0.2, 0.25) is 0 Å². The number of benzene rings is 1. The lowest BCUT2D eigenvalue weighted by Gasteiger charge is -2.05. The summed E-state index contributed by atoms with van der Waals surface area (Å²) >= 11 is 0. The highest BCUT2D eigenvalue weighted by atomic mass is 16.5. The Kier molecular flexibility index (Phi) is 7.18. The van der Waals surface area contributed by atoms with Crippen LogP contribution in [0.3, 0.4) is 0 Å². The first kappa shape index (κ1) is 17.9. The highest BCUT2D eigenvalue weighted by molar-refractivity contribution is 5.62. The number of ether oxygens (including phenoxy) is 1. The van der Waals surface area contributed by atoms with E-state index in [1.54, 1.807) is 6.08 Å². The summed E-state index contributed by atoms with van der Waals surface area (Å²) in [6.07, 6.45) is 11.8. The van der Waals surface area contributed by atoms with Crippen molar-refractivity contribution in [1.82, 2.24) is 9.97 Å². The van der Waals surface area contributed by atoms with Gasteiger partial charge in [0.15, 0.2) is 5.82 Å². The number of allylic oxidation sites excluding steroid dienone is 1. The molecule has 1 atom stereocenters. The fourth-order valence-electron chi connectivity index (χ4n) is 2.19. The van der Waals surface area contributed by atoms with E-state index in [1.165, 1.54) is 0 Å². The van der Waals surface area contributed by atoms with Crippen LogP contribution in [0, 0.1) is 0 Å². The SMILES string of the molecule is C=CCOc1ccc(-c2cnc(C=CCCCC(C)O)nc2)cc1. The lowest BCUT2D eigenvalue weighted by molar-refractivity contribution is 0.182. The van der Waals surface area contributed by atoms with Crippen LogP contribution >= 0.6 is 0 Å². The fourth-order valence-corrected chi connectivity index (χ4v) is 2.19. The van der Waals surface area contributed by atoms with Gasteiger partial charge in [0, 0.05) is 18.0 Å². The second-order valence-electron chi connectivity index (χ2n) is 5.64. The molecule has 2 rings (SSSR count). The molecule has 0 saturated carbocycles. The van der Waals surface area contributed by atoms with E-state index in [0.717, 1.165) is 36.1 Å². The second kappa shape index (κ2) is 9.63. The molecule has 1 heterocycles. The predicted octanol–water partition coefficient (Wildman–Crippen LogP) is 4.27. The summed E-state index contributed by atoms with van der Waals surface area (Å²) in [7, 11) is 0. The number of aliphatic hydroxyl groups excluding tert-OH is 1. The number of unbranched alkanes of at least 4 members (excludes halogenated alkanes) is 1. The summed E-state index contributed by atoms with van der Waals surface area (Å²) in [4.78, 5) is 8.74. The second-order valence-corrected chi connectivity index (χ2v) is 5.64. The molecule has 1 aromatic carbocycles.